The monoisotopic (exact) mass is 274 g/mol. The molecule has 1 aromatic heterocycles. The Hall–Kier alpha value is -2.70. The van der Waals surface area contributed by atoms with Gasteiger partial charge in [0.05, 0.1) is 10.6 Å². The number of benzene rings is 1. The van der Waals surface area contributed by atoms with Crippen LogP contribution in [0.3, 0.4) is 0 Å². The fourth-order valence-corrected chi connectivity index (χ4v) is 1.59. The molecule has 1 heterocycles. The van der Waals surface area contributed by atoms with Crippen LogP contribution in [0.15, 0.2) is 30.3 Å². The first kappa shape index (κ1) is 13.7. The molecule has 0 bridgehead atoms. The lowest BCUT2D eigenvalue weighted by Gasteiger charge is -2.03. The second-order valence-corrected chi connectivity index (χ2v) is 4.62. The van der Waals surface area contributed by atoms with Gasteiger partial charge in [0, 0.05) is 29.7 Å². The molecule has 2 N–H and O–H groups in total. The van der Waals surface area contributed by atoms with Crippen molar-refractivity contribution in [2.75, 3.05) is 5.32 Å². The summed E-state index contributed by atoms with van der Waals surface area (Å²) in [4.78, 5) is 21.8. The first-order valence-electron chi connectivity index (χ1n) is 6.08. The third-order valence-corrected chi connectivity index (χ3v) is 2.72. The Morgan fingerprint density at radius 1 is 1.40 bits per heavy atom. The summed E-state index contributed by atoms with van der Waals surface area (Å²) in [6.45, 7) is 3.56. The molecule has 1 amide bonds. The van der Waals surface area contributed by atoms with Gasteiger partial charge in [-0.3, -0.25) is 20.0 Å². The number of non-ortho nitro benzene ring substituents is 1. The maximum atomic E-state index is 11.5. The van der Waals surface area contributed by atoms with Gasteiger partial charge < -0.3 is 5.32 Å². The molecular formula is C13H14N4O3. The number of hydrogen-bond donors (Lipinski definition) is 2. The molecule has 2 aromatic rings. The van der Waals surface area contributed by atoms with Crippen LogP contribution in [-0.2, 0) is 4.79 Å². The van der Waals surface area contributed by atoms with E-state index < -0.39 is 4.92 Å². The maximum Gasteiger partial charge on any atom is 0.270 e. The lowest BCUT2D eigenvalue weighted by molar-refractivity contribution is -0.384. The van der Waals surface area contributed by atoms with E-state index in [1.807, 2.05) is 0 Å². The third kappa shape index (κ3) is 3.00. The Bertz CT molecular complexity index is 649. The predicted molar refractivity (Wildman–Crippen MR) is 74.1 cm³/mol. The number of rotatable bonds is 4. The van der Waals surface area contributed by atoms with Crippen molar-refractivity contribution in [1.29, 1.82) is 0 Å². The molecule has 7 heteroatoms. The first-order valence-corrected chi connectivity index (χ1v) is 6.08. The molecule has 0 spiro atoms. The molecule has 0 atom stereocenters. The molecular weight excluding hydrogens is 260 g/mol. The summed E-state index contributed by atoms with van der Waals surface area (Å²) in [5.41, 5.74) is 1.24. The standard InChI is InChI=1S/C13H14N4O3/c1-8(2)13(18)14-12-7-11(15-16-12)9-4-3-5-10(6-9)17(19)20/h3-8H,1-2H3,(H2,14,15,16,18). The Kier molecular flexibility index (Phi) is 3.79. The SMILES string of the molecule is CC(C)C(=O)Nc1cc(-c2cccc([N+](=O)[O-])c2)[nH]n1. The van der Waals surface area contributed by atoms with Gasteiger partial charge in [0.2, 0.25) is 5.91 Å². The third-order valence-electron chi connectivity index (χ3n) is 2.72. The molecule has 0 aliphatic carbocycles. The van der Waals surface area contributed by atoms with Gasteiger partial charge in [0.15, 0.2) is 5.82 Å². The highest BCUT2D eigenvalue weighted by molar-refractivity contribution is 5.91. The van der Waals surface area contributed by atoms with Gasteiger partial charge in [-0.15, -0.1) is 0 Å². The summed E-state index contributed by atoms with van der Waals surface area (Å²) in [7, 11) is 0. The van der Waals surface area contributed by atoms with E-state index in [1.54, 1.807) is 32.0 Å². The van der Waals surface area contributed by atoms with Crippen molar-refractivity contribution in [2.45, 2.75) is 13.8 Å². The van der Waals surface area contributed by atoms with Gasteiger partial charge in [-0.05, 0) is 0 Å². The summed E-state index contributed by atoms with van der Waals surface area (Å²) in [6, 6.07) is 7.83. The summed E-state index contributed by atoms with van der Waals surface area (Å²) >= 11 is 0. The van der Waals surface area contributed by atoms with Crippen LogP contribution in [0.2, 0.25) is 0 Å². The zero-order valence-electron chi connectivity index (χ0n) is 11.1. The average molecular weight is 274 g/mol. The maximum absolute atomic E-state index is 11.5. The van der Waals surface area contributed by atoms with Crippen LogP contribution in [0.4, 0.5) is 11.5 Å². The first-order chi connectivity index (χ1) is 9.47. The molecule has 0 saturated heterocycles. The molecule has 20 heavy (non-hydrogen) atoms. The van der Waals surface area contributed by atoms with Crippen LogP contribution in [0.1, 0.15) is 13.8 Å². The minimum absolute atomic E-state index is 0.00451. The number of nitro groups is 1. The van der Waals surface area contributed by atoms with E-state index in [0.717, 1.165) is 0 Å². The van der Waals surface area contributed by atoms with Gasteiger partial charge in [0.1, 0.15) is 0 Å². The number of nitrogens with one attached hydrogen (secondary N) is 2. The van der Waals surface area contributed by atoms with Crippen LogP contribution < -0.4 is 5.32 Å². The largest absolute Gasteiger partial charge is 0.309 e. The van der Waals surface area contributed by atoms with Crippen molar-refractivity contribution >= 4 is 17.4 Å². The summed E-state index contributed by atoms with van der Waals surface area (Å²) in [5, 5.41) is 20.1. The zero-order valence-corrected chi connectivity index (χ0v) is 11.1. The van der Waals surface area contributed by atoms with E-state index in [1.165, 1.54) is 12.1 Å². The van der Waals surface area contributed by atoms with E-state index in [9.17, 15) is 14.9 Å². The number of carbonyl (C=O) groups is 1. The molecule has 2 rings (SSSR count). The zero-order chi connectivity index (χ0) is 14.7. The van der Waals surface area contributed by atoms with E-state index in [-0.39, 0.29) is 17.5 Å². The van der Waals surface area contributed by atoms with Crippen molar-refractivity contribution in [3.8, 4) is 11.3 Å². The van der Waals surface area contributed by atoms with Gasteiger partial charge in [-0.2, -0.15) is 5.10 Å². The van der Waals surface area contributed by atoms with Crippen LogP contribution >= 0.6 is 0 Å². The molecule has 1 aromatic carbocycles. The van der Waals surface area contributed by atoms with Crippen molar-refractivity contribution in [1.82, 2.24) is 10.2 Å². The Labute approximate surface area is 115 Å². The average Bonchev–Trinajstić information content (AvgIpc) is 2.87. The van der Waals surface area contributed by atoms with Crippen molar-refractivity contribution in [3.63, 3.8) is 0 Å². The van der Waals surface area contributed by atoms with Gasteiger partial charge >= 0.3 is 0 Å². The highest BCUT2D eigenvalue weighted by atomic mass is 16.6. The van der Waals surface area contributed by atoms with E-state index in [4.69, 9.17) is 0 Å². The van der Waals surface area contributed by atoms with E-state index in [2.05, 4.69) is 15.5 Å². The molecule has 0 unspecified atom stereocenters. The van der Waals surface area contributed by atoms with Crippen molar-refractivity contribution in [2.24, 2.45) is 5.92 Å². The minimum atomic E-state index is -0.457. The minimum Gasteiger partial charge on any atom is -0.309 e. The molecule has 0 aliphatic rings. The number of nitro benzene ring substituents is 1. The fraction of sp³-hybridized carbons (Fsp3) is 0.231. The van der Waals surface area contributed by atoms with Crippen molar-refractivity contribution in [3.05, 3.63) is 40.4 Å². The number of aromatic nitrogens is 2. The number of carbonyl (C=O) groups excluding carboxylic acids is 1. The van der Waals surface area contributed by atoms with Crippen LogP contribution in [0, 0.1) is 16.0 Å². The number of nitrogens with zero attached hydrogens (tertiary/aromatic N) is 2. The molecule has 7 nitrogen and oxygen atoms in total. The van der Waals surface area contributed by atoms with Crippen LogP contribution in [0.5, 0.6) is 0 Å². The highest BCUT2D eigenvalue weighted by Gasteiger charge is 2.12. The summed E-state index contributed by atoms with van der Waals surface area (Å²) < 4.78 is 0. The van der Waals surface area contributed by atoms with Gasteiger partial charge in [0.25, 0.3) is 5.69 Å². The fourth-order valence-electron chi connectivity index (χ4n) is 1.59. The summed E-state index contributed by atoms with van der Waals surface area (Å²) in [6.07, 6.45) is 0. The molecule has 0 saturated carbocycles. The summed E-state index contributed by atoms with van der Waals surface area (Å²) in [5.74, 6) is 0.111. The van der Waals surface area contributed by atoms with Crippen LogP contribution in [-0.4, -0.2) is 21.0 Å². The lowest BCUT2D eigenvalue weighted by atomic mass is 10.1. The van der Waals surface area contributed by atoms with Crippen molar-refractivity contribution < 1.29 is 9.72 Å². The Morgan fingerprint density at radius 2 is 2.15 bits per heavy atom. The van der Waals surface area contributed by atoms with E-state index in [0.29, 0.717) is 17.1 Å². The predicted octanol–water partition coefficient (Wildman–Crippen LogP) is 2.58. The van der Waals surface area contributed by atoms with Gasteiger partial charge in [-0.1, -0.05) is 26.0 Å². The van der Waals surface area contributed by atoms with E-state index >= 15 is 0 Å². The second-order valence-electron chi connectivity index (χ2n) is 4.62. The number of anilines is 1. The number of H-pyrrole nitrogens is 1. The van der Waals surface area contributed by atoms with Gasteiger partial charge in [-0.25, -0.2) is 0 Å². The quantitative estimate of drug-likeness (QED) is 0.660. The second kappa shape index (κ2) is 5.52. The molecule has 0 aliphatic heterocycles. The highest BCUT2D eigenvalue weighted by Crippen LogP contribution is 2.23. The lowest BCUT2D eigenvalue weighted by Crippen LogP contribution is -2.17. The number of hydrogen-bond acceptors (Lipinski definition) is 4. The number of amides is 1. The molecule has 0 fully saturated rings. The Morgan fingerprint density at radius 3 is 2.80 bits per heavy atom. The molecule has 0 radical (unpaired) electrons. The smallest absolute Gasteiger partial charge is 0.270 e. The topological polar surface area (TPSA) is 101 Å². The number of aromatic amines is 1. The molecule has 104 valence electrons. The van der Waals surface area contributed by atoms with Crippen LogP contribution in [0.25, 0.3) is 11.3 Å². The Balaban J connectivity index is 2.22. The normalized spacial score (nSPS) is 10.6.